The van der Waals surface area contributed by atoms with E-state index in [0.717, 1.165) is 105 Å². The molecule has 0 spiro atoms. The Morgan fingerprint density at radius 2 is 0.714 bits per heavy atom. The molecule has 0 aliphatic carbocycles. The van der Waals surface area contributed by atoms with Gasteiger partial charge in [-0.1, -0.05) is 292 Å². The van der Waals surface area contributed by atoms with E-state index in [0.29, 0.717) is 28.3 Å². The van der Waals surface area contributed by atoms with Gasteiger partial charge in [-0.25, -0.2) is 0 Å². The number of nitrogens with zero attached hydrogens (tertiary/aromatic N) is 5. The van der Waals surface area contributed by atoms with E-state index >= 15 is 0 Å². The minimum atomic E-state index is -0.538. The van der Waals surface area contributed by atoms with Crippen LogP contribution >= 0.6 is 0 Å². The van der Waals surface area contributed by atoms with Gasteiger partial charge in [0.1, 0.15) is 6.07 Å². The van der Waals surface area contributed by atoms with Crippen LogP contribution in [0.1, 0.15) is 148 Å². The van der Waals surface area contributed by atoms with Crippen LogP contribution in [0, 0.1) is 11.3 Å². The Morgan fingerprint density at radius 3 is 1.21 bits per heavy atom. The summed E-state index contributed by atoms with van der Waals surface area (Å²) < 4.78 is 79.4. The largest absolute Gasteiger partial charge is 0.311 e. The van der Waals surface area contributed by atoms with E-state index in [1.54, 1.807) is 4.57 Å². The second kappa shape index (κ2) is 24.4. The van der Waals surface area contributed by atoms with Crippen molar-refractivity contribution in [1.82, 2.24) is 9.13 Å². The van der Waals surface area contributed by atoms with Gasteiger partial charge in [0.05, 0.1) is 50.0 Å². The van der Waals surface area contributed by atoms with Gasteiger partial charge in [-0.3, -0.25) is 0 Å². The Kier molecular flexibility index (Phi) is 13.5. The van der Waals surface area contributed by atoms with Gasteiger partial charge in [0.15, 0.2) is 0 Å². The number of hydrogen-bond acceptors (Lipinski definition) is 3. The van der Waals surface area contributed by atoms with E-state index in [9.17, 15) is 13.5 Å². The maximum atomic E-state index is 11.6. The quantitative estimate of drug-likeness (QED) is 0.142. The Hall–Kier alpha value is -11.4. The number of nitriles is 1. The first kappa shape index (κ1) is 58.0. The second-order valence-corrected chi connectivity index (χ2v) is 34.0. The molecule has 0 saturated carbocycles. The summed E-state index contributed by atoms with van der Waals surface area (Å²) in [5, 5.41) is 13.6. The summed E-state index contributed by atoms with van der Waals surface area (Å²) >= 11 is 0. The van der Waals surface area contributed by atoms with Crippen molar-refractivity contribution < 1.29 is 11.0 Å². The smallest absolute Gasteiger partial charge is 0.252 e. The van der Waals surface area contributed by atoms with E-state index < -0.39 is 55.1 Å². The summed E-state index contributed by atoms with van der Waals surface area (Å²) in [6, 6.07) is 80.4. The second-order valence-electron chi connectivity index (χ2n) is 34.0. The van der Waals surface area contributed by atoms with Crippen LogP contribution in [-0.4, -0.2) is 15.8 Å². The first-order chi connectivity index (χ1) is 53.5. The van der Waals surface area contributed by atoms with Gasteiger partial charge < -0.3 is 18.9 Å². The molecule has 4 heterocycles. The highest BCUT2D eigenvalue weighted by Gasteiger charge is 2.46. The van der Waals surface area contributed by atoms with Gasteiger partial charge >= 0.3 is 0 Å². The third kappa shape index (κ3) is 11.3. The van der Waals surface area contributed by atoms with Gasteiger partial charge in [-0.2, -0.15) is 5.26 Å². The number of rotatable bonds is 8. The SMILES string of the molecule is [2H]c1c([2H])c([2H])c2c(c1[2H])c1c([2H])c([2H])c([2H])c([2H])c1n2-c1ccc2c(c1)N(c1ccc(C#N)c(-n3c4ccccc4c4ccccc43)c1)c1cc(-c3cc(C(C)(C)C)cc(C(C)(C)C)c3)cc3c1B2c1ccc(-c2cc(C(C)(C)C)cc(C(C)(C)C)c2)cc1N3c1c(-c2ccccc2)cc(C(C)(C)C)cc1-c1ccccc1. The van der Waals surface area contributed by atoms with Gasteiger partial charge in [-0.05, 0) is 190 Å². The van der Waals surface area contributed by atoms with Gasteiger partial charge in [-0.15, -0.1) is 0 Å². The molecule has 0 atom stereocenters. The fourth-order valence-corrected chi connectivity index (χ4v) is 16.1. The van der Waals surface area contributed by atoms with Crippen LogP contribution in [0.4, 0.5) is 34.1 Å². The molecule has 5 nitrogen and oxygen atoms in total. The molecule has 0 amide bonds. The first-order valence-electron chi connectivity index (χ1n) is 40.7. The zero-order valence-corrected chi connectivity index (χ0v) is 62.7. The molecular weight excluding hydrogens is 1270 g/mol. The standard InChI is InChI=1S/C99H90BN5/c1-95(2,3)69-48-66(49-70(55-69)96(4,5)6)64-43-46-82-89(52-64)105(94-80(62-30-18-16-19-31-62)57-73(99(13,14)15)58-81(94)63-32-20-17-21-33-63)92-54-68(67-50-71(97(7,8)9)56-72(51-67)98(10,11)12)53-91-93(92)100(82)83-47-45-75(102-84-38-26-22-34-76(84)77-35-23-27-39-85(77)102)60-90(83)103(91)74-44-42-65(61-101)88(59-74)104-86-40-28-24-36-78(86)79-37-25-29-41-87(79)104/h16-60H,1-15H3/i22D,23D,26D,27D,34D,35D,38D,39D. The zero-order valence-electron chi connectivity index (χ0n) is 70.7. The Morgan fingerprint density at radius 1 is 0.314 bits per heavy atom. The molecule has 2 aliphatic heterocycles. The van der Waals surface area contributed by atoms with Crippen molar-refractivity contribution in [3.8, 4) is 62.0 Å². The predicted molar refractivity (Wildman–Crippen MR) is 449 cm³/mol. The number of para-hydroxylation sites is 4. The zero-order chi connectivity index (χ0) is 79.9. The molecule has 105 heavy (non-hydrogen) atoms. The fraction of sp³-hybridized carbons (Fsp3) is 0.202. The third-order valence-corrected chi connectivity index (χ3v) is 21.9. The molecule has 0 saturated heterocycles. The van der Waals surface area contributed by atoms with Crippen LogP contribution in [-0.2, 0) is 27.1 Å². The number of hydrogen-bond donors (Lipinski definition) is 0. The molecule has 15 aromatic rings. The van der Waals surface area contributed by atoms with Crippen LogP contribution < -0.4 is 26.2 Å². The minimum absolute atomic E-state index is 0.0118. The third-order valence-electron chi connectivity index (χ3n) is 21.9. The summed E-state index contributed by atoms with van der Waals surface area (Å²) in [4.78, 5) is 4.90. The molecule has 2 aromatic heterocycles. The molecule has 0 bridgehead atoms. The fourth-order valence-electron chi connectivity index (χ4n) is 16.1. The highest BCUT2D eigenvalue weighted by molar-refractivity contribution is 7.00. The summed E-state index contributed by atoms with van der Waals surface area (Å²) in [7, 11) is 0. The number of benzene rings is 13. The average Bonchev–Trinajstić information content (AvgIpc) is 1.69. The average molecular weight is 1370 g/mol. The Labute approximate surface area is 631 Å². The molecular formula is C99H90BN5. The molecule has 514 valence electrons. The molecule has 2 aliphatic rings. The molecule has 17 rings (SSSR count). The lowest BCUT2D eigenvalue weighted by Crippen LogP contribution is -2.61. The lowest BCUT2D eigenvalue weighted by Gasteiger charge is -2.45. The summed E-state index contributed by atoms with van der Waals surface area (Å²) in [5.41, 5.74) is 24.4. The molecule has 6 heteroatoms. The van der Waals surface area contributed by atoms with Gasteiger partial charge in [0.25, 0.3) is 6.71 Å². The van der Waals surface area contributed by atoms with Crippen LogP contribution in [0.25, 0.3) is 99.5 Å². The number of fused-ring (bicyclic) bond motifs is 10. The van der Waals surface area contributed by atoms with E-state index in [4.69, 9.17) is 2.74 Å². The van der Waals surface area contributed by atoms with Crippen molar-refractivity contribution in [3.05, 3.63) is 306 Å². The summed E-state index contributed by atoms with van der Waals surface area (Å²) in [5.74, 6) is 0. The first-order valence-corrected chi connectivity index (χ1v) is 36.7. The lowest BCUT2D eigenvalue weighted by atomic mass is 9.33. The lowest BCUT2D eigenvalue weighted by molar-refractivity contribution is 0.568. The van der Waals surface area contributed by atoms with Gasteiger partial charge in [0.2, 0.25) is 0 Å². The molecule has 0 fully saturated rings. The predicted octanol–water partition coefficient (Wildman–Crippen LogP) is 25.0. The van der Waals surface area contributed by atoms with Crippen molar-refractivity contribution in [2.45, 2.75) is 131 Å². The molecule has 0 N–H and O–H groups in total. The van der Waals surface area contributed by atoms with Crippen LogP contribution in [0.15, 0.2) is 273 Å². The highest BCUT2D eigenvalue weighted by Crippen LogP contribution is 2.54. The normalized spacial score (nSPS) is 14.3. The molecule has 0 radical (unpaired) electrons. The van der Waals surface area contributed by atoms with E-state index in [1.807, 2.05) is 48.5 Å². The van der Waals surface area contributed by atoms with Gasteiger partial charge in [0, 0.05) is 66.8 Å². The van der Waals surface area contributed by atoms with E-state index in [2.05, 4.69) is 300 Å². The minimum Gasteiger partial charge on any atom is -0.311 e. The molecule has 0 unspecified atom stereocenters. The number of anilines is 6. The van der Waals surface area contributed by atoms with Crippen molar-refractivity contribution in [2.75, 3.05) is 9.80 Å². The Balaban J connectivity index is 1.09. The topological polar surface area (TPSA) is 40.1 Å². The van der Waals surface area contributed by atoms with Crippen molar-refractivity contribution in [1.29, 1.82) is 5.26 Å². The Bertz CT molecular complexity index is 6330. The van der Waals surface area contributed by atoms with Crippen molar-refractivity contribution in [3.63, 3.8) is 0 Å². The van der Waals surface area contributed by atoms with Crippen molar-refractivity contribution >= 4 is 101 Å². The highest BCUT2D eigenvalue weighted by atomic mass is 15.2. The van der Waals surface area contributed by atoms with Crippen LogP contribution in [0.3, 0.4) is 0 Å². The van der Waals surface area contributed by atoms with Crippen molar-refractivity contribution in [2.24, 2.45) is 0 Å². The van der Waals surface area contributed by atoms with E-state index in [1.165, 1.54) is 27.8 Å². The van der Waals surface area contributed by atoms with E-state index in [-0.39, 0.29) is 48.9 Å². The van der Waals surface area contributed by atoms with Crippen LogP contribution in [0.5, 0.6) is 0 Å². The molecule has 13 aromatic carbocycles. The maximum absolute atomic E-state index is 11.6. The van der Waals surface area contributed by atoms with Crippen LogP contribution in [0.2, 0.25) is 0 Å². The summed E-state index contributed by atoms with van der Waals surface area (Å²) in [6.07, 6.45) is 0. The summed E-state index contributed by atoms with van der Waals surface area (Å²) in [6.45, 7) is 33.7. The number of aromatic nitrogens is 2. The monoisotopic (exact) mass is 1370 g/mol. The maximum Gasteiger partial charge on any atom is 0.252 e.